The molecule has 2 aromatic heterocycles. The molecular weight excluding hydrogens is 188 g/mol. The van der Waals surface area contributed by atoms with Crippen molar-refractivity contribution in [3.8, 4) is 0 Å². The van der Waals surface area contributed by atoms with Crippen LogP contribution in [0.2, 0.25) is 0 Å². The zero-order chi connectivity index (χ0) is 9.42. The molecule has 0 spiro atoms. The van der Waals surface area contributed by atoms with Crippen LogP contribution in [0, 0.1) is 0 Å². The summed E-state index contributed by atoms with van der Waals surface area (Å²) in [6.07, 6.45) is 1.28. The number of nitrogens with zero attached hydrogens (tertiary/aromatic N) is 1. The number of thiophene rings is 1. The standard InChI is InChI=1S/C8H6N2O2S/c9-6-4(8(11)12)3-10-5-1-2-13-7(5)6/h1-3H,(H2,9,10)(H,11,12). The van der Waals surface area contributed by atoms with Crippen molar-refractivity contribution in [3.05, 3.63) is 23.2 Å². The number of hydrogen-bond donors (Lipinski definition) is 2. The summed E-state index contributed by atoms with van der Waals surface area (Å²) < 4.78 is 0.736. The molecule has 2 rings (SSSR count). The van der Waals surface area contributed by atoms with Gasteiger partial charge in [-0.25, -0.2) is 4.79 Å². The van der Waals surface area contributed by atoms with Crippen molar-refractivity contribution < 1.29 is 9.90 Å². The van der Waals surface area contributed by atoms with Gasteiger partial charge in [0.05, 0.1) is 15.9 Å². The summed E-state index contributed by atoms with van der Waals surface area (Å²) in [7, 11) is 0. The number of carboxylic acids is 1. The van der Waals surface area contributed by atoms with Crippen LogP contribution in [0.15, 0.2) is 17.6 Å². The summed E-state index contributed by atoms with van der Waals surface area (Å²) in [5, 5.41) is 10.6. The zero-order valence-electron chi connectivity index (χ0n) is 6.52. The molecule has 2 aromatic rings. The van der Waals surface area contributed by atoms with Crippen LogP contribution in [-0.2, 0) is 0 Å². The molecule has 0 fully saturated rings. The number of fused-ring (bicyclic) bond motifs is 1. The molecule has 0 aliphatic carbocycles. The van der Waals surface area contributed by atoms with Crippen molar-refractivity contribution in [3.63, 3.8) is 0 Å². The molecule has 0 atom stereocenters. The summed E-state index contributed by atoms with van der Waals surface area (Å²) in [5.41, 5.74) is 6.76. The van der Waals surface area contributed by atoms with E-state index in [2.05, 4.69) is 4.98 Å². The first-order valence-corrected chi connectivity index (χ1v) is 4.43. The van der Waals surface area contributed by atoms with E-state index in [1.807, 2.05) is 11.4 Å². The molecule has 0 unspecified atom stereocenters. The highest BCUT2D eigenvalue weighted by Gasteiger charge is 2.11. The highest BCUT2D eigenvalue weighted by atomic mass is 32.1. The monoisotopic (exact) mass is 194 g/mol. The number of carbonyl (C=O) groups is 1. The van der Waals surface area contributed by atoms with Gasteiger partial charge in [0.25, 0.3) is 0 Å². The average Bonchev–Trinajstić information content (AvgIpc) is 2.52. The summed E-state index contributed by atoms with van der Waals surface area (Å²) in [6, 6.07) is 1.81. The zero-order valence-corrected chi connectivity index (χ0v) is 7.34. The number of hydrogen-bond acceptors (Lipinski definition) is 4. The first kappa shape index (κ1) is 8.00. The number of nitrogens with two attached hydrogens (primary N) is 1. The van der Waals surface area contributed by atoms with Crippen molar-refractivity contribution in [2.45, 2.75) is 0 Å². The third-order valence-corrected chi connectivity index (χ3v) is 2.68. The molecule has 2 heterocycles. The minimum atomic E-state index is -1.04. The first-order valence-electron chi connectivity index (χ1n) is 3.55. The van der Waals surface area contributed by atoms with E-state index >= 15 is 0 Å². The van der Waals surface area contributed by atoms with Gasteiger partial charge in [-0.05, 0) is 11.4 Å². The molecule has 0 saturated carbocycles. The Bertz CT molecular complexity index is 478. The lowest BCUT2D eigenvalue weighted by molar-refractivity contribution is 0.0698. The van der Waals surface area contributed by atoms with Gasteiger partial charge < -0.3 is 10.8 Å². The number of rotatable bonds is 1. The highest BCUT2D eigenvalue weighted by Crippen LogP contribution is 2.27. The molecule has 0 saturated heterocycles. The van der Waals surface area contributed by atoms with Gasteiger partial charge in [0.15, 0.2) is 0 Å². The van der Waals surface area contributed by atoms with Crippen LogP contribution in [0.1, 0.15) is 10.4 Å². The van der Waals surface area contributed by atoms with Gasteiger partial charge in [0, 0.05) is 6.20 Å². The van der Waals surface area contributed by atoms with Crippen LogP contribution in [0.3, 0.4) is 0 Å². The van der Waals surface area contributed by atoms with Crippen molar-refractivity contribution in [2.75, 3.05) is 5.73 Å². The highest BCUT2D eigenvalue weighted by molar-refractivity contribution is 7.17. The molecule has 0 aromatic carbocycles. The Kier molecular flexibility index (Phi) is 1.66. The molecule has 3 N–H and O–H groups in total. The molecule has 13 heavy (non-hydrogen) atoms. The van der Waals surface area contributed by atoms with Crippen LogP contribution in [0.4, 0.5) is 5.69 Å². The number of nitrogen functional groups attached to an aromatic ring is 1. The Labute approximate surface area is 77.6 Å². The van der Waals surface area contributed by atoms with E-state index in [-0.39, 0.29) is 5.56 Å². The fraction of sp³-hybridized carbons (Fsp3) is 0. The lowest BCUT2D eigenvalue weighted by Gasteiger charge is -1.99. The van der Waals surface area contributed by atoms with Crippen molar-refractivity contribution in [1.82, 2.24) is 4.98 Å². The van der Waals surface area contributed by atoms with E-state index in [1.165, 1.54) is 17.5 Å². The van der Waals surface area contributed by atoms with Crippen LogP contribution in [0.5, 0.6) is 0 Å². The molecule has 66 valence electrons. The summed E-state index contributed by atoms with van der Waals surface area (Å²) in [4.78, 5) is 14.6. The largest absolute Gasteiger partial charge is 0.478 e. The summed E-state index contributed by atoms with van der Waals surface area (Å²) >= 11 is 1.39. The number of aromatic carboxylic acids is 1. The summed E-state index contributed by atoms with van der Waals surface area (Å²) in [5.74, 6) is -1.04. The number of carboxylic acid groups (broad SMARTS) is 1. The van der Waals surface area contributed by atoms with Crippen molar-refractivity contribution in [2.24, 2.45) is 0 Å². The van der Waals surface area contributed by atoms with E-state index in [0.717, 1.165) is 10.2 Å². The second kappa shape index (κ2) is 2.70. The van der Waals surface area contributed by atoms with Crippen LogP contribution < -0.4 is 5.73 Å². The third-order valence-electron chi connectivity index (χ3n) is 1.74. The minimum Gasteiger partial charge on any atom is -0.478 e. The number of anilines is 1. The normalized spacial score (nSPS) is 10.5. The van der Waals surface area contributed by atoms with Crippen LogP contribution >= 0.6 is 11.3 Å². The Morgan fingerprint density at radius 3 is 3.08 bits per heavy atom. The van der Waals surface area contributed by atoms with Gasteiger partial charge in [0.1, 0.15) is 5.56 Å². The number of pyridine rings is 1. The molecular formula is C8H6N2O2S. The molecule has 0 bridgehead atoms. The van der Waals surface area contributed by atoms with E-state index in [1.54, 1.807) is 0 Å². The second-order valence-corrected chi connectivity index (χ2v) is 3.44. The minimum absolute atomic E-state index is 0.0648. The van der Waals surface area contributed by atoms with Gasteiger partial charge in [0.2, 0.25) is 0 Å². The van der Waals surface area contributed by atoms with Gasteiger partial charge in [-0.15, -0.1) is 11.3 Å². The maximum atomic E-state index is 10.7. The van der Waals surface area contributed by atoms with Crippen molar-refractivity contribution in [1.29, 1.82) is 0 Å². The lowest BCUT2D eigenvalue weighted by atomic mass is 10.2. The van der Waals surface area contributed by atoms with E-state index in [9.17, 15) is 4.79 Å². The molecule has 0 radical (unpaired) electrons. The molecule has 0 aliphatic heterocycles. The van der Waals surface area contributed by atoms with E-state index in [4.69, 9.17) is 10.8 Å². The van der Waals surface area contributed by atoms with Gasteiger partial charge >= 0.3 is 5.97 Å². The van der Waals surface area contributed by atoms with Gasteiger partial charge in [-0.1, -0.05) is 0 Å². The molecule has 5 heteroatoms. The molecule has 0 aliphatic rings. The third kappa shape index (κ3) is 1.13. The predicted octanol–water partition coefficient (Wildman–Crippen LogP) is 1.58. The van der Waals surface area contributed by atoms with Crippen molar-refractivity contribution >= 4 is 33.2 Å². The van der Waals surface area contributed by atoms with Crippen LogP contribution in [0.25, 0.3) is 10.2 Å². The predicted molar refractivity (Wildman–Crippen MR) is 51.0 cm³/mol. The molecule has 0 amide bonds. The first-order chi connectivity index (χ1) is 6.20. The smallest absolute Gasteiger partial charge is 0.339 e. The number of aromatic nitrogens is 1. The van der Waals surface area contributed by atoms with Crippen LogP contribution in [-0.4, -0.2) is 16.1 Å². The van der Waals surface area contributed by atoms with Gasteiger partial charge in [-0.2, -0.15) is 0 Å². The van der Waals surface area contributed by atoms with E-state index < -0.39 is 5.97 Å². The molecule has 4 nitrogen and oxygen atoms in total. The quantitative estimate of drug-likeness (QED) is 0.722. The lowest BCUT2D eigenvalue weighted by Crippen LogP contribution is -2.02. The Morgan fingerprint density at radius 1 is 1.62 bits per heavy atom. The Morgan fingerprint density at radius 2 is 2.38 bits per heavy atom. The summed E-state index contributed by atoms with van der Waals surface area (Å²) in [6.45, 7) is 0. The fourth-order valence-corrected chi connectivity index (χ4v) is 1.91. The Balaban J connectivity index is 2.80. The maximum absolute atomic E-state index is 10.7. The average molecular weight is 194 g/mol. The SMILES string of the molecule is Nc1c(C(=O)O)cnc2ccsc12. The fourth-order valence-electron chi connectivity index (χ4n) is 1.10. The van der Waals surface area contributed by atoms with Gasteiger partial charge in [-0.3, -0.25) is 4.98 Å². The van der Waals surface area contributed by atoms with E-state index in [0.29, 0.717) is 5.69 Å². The topological polar surface area (TPSA) is 76.2 Å². The Hall–Kier alpha value is -1.62. The maximum Gasteiger partial charge on any atom is 0.339 e. The second-order valence-electron chi connectivity index (χ2n) is 2.53.